The van der Waals surface area contributed by atoms with Gasteiger partial charge in [-0.2, -0.15) is 0 Å². The van der Waals surface area contributed by atoms with Crippen molar-refractivity contribution in [1.82, 2.24) is 5.32 Å². The zero-order chi connectivity index (χ0) is 22.5. The number of nitrogens with one attached hydrogen (secondary N) is 1. The molecule has 3 nitrogen and oxygen atoms in total. The molecule has 0 aromatic heterocycles. The normalized spacial score (nSPS) is 11.0. The Morgan fingerprint density at radius 2 is 1.87 bits per heavy atom. The van der Waals surface area contributed by atoms with Gasteiger partial charge in [-0.25, -0.2) is 0 Å². The highest BCUT2D eigenvalue weighted by atomic mass is 35.5. The largest absolute Gasteiger partial charge is 0.317 e. The van der Waals surface area contributed by atoms with Crippen molar-refractivity contribution in [3.05, 3.63) is 77.9 Å². The van der Waals surface area contributed by atoms with Gasteiger partial charge >= 0.3 is 0 Å². The maximum absolute atomic E-state index is 13.5. The Labute approximate surface area is 197 Å². The first kappa shape index (κ1) is 25.5. The number of para-hydroxylation sites is 1. The summed E-state index contributed by atoms with van der Waals surface area (Å²) in [6, 6.07) is 15.5. The summed E-state index contributed by atoms with van der Waals surface area (Å²) in [4.78, 5) is 14.8. The molecule has 1 N–H and O–H groups in total. The summed E-state index contributed by atoms with van der Waals surface area (Å²) in [5, 5.41) is 3.47. The number of hydrogen-bond donors (Lipinski definition) is 1. The lowest BCUT2D eigenvalue weighted by molar-refractivity contribution is 0.0986. The van der Waals surface area contributed by atoms with E-state index in [1.807, 2.05) is 47.4 Å². The van der Waals surface area contributed by atoms with Gasteiger partial charge in [0.1, 0.15) is 4.84 Å². The molecule has 5 heteroatoms. The summed E-state index contributed by atoms with van der Waals surface area (Å²) in [7, 11) is 0. The monoisotopic (exact) mass is 460 g/mol. The third-order valence-electron chi connectivity index (χ3n) is 5.18. The second-order valence-corrected chi connectivity index (χ2v) is 8.75. The summed E-state index contributed by atoms with van der Waals surface area (Å²) >= 11 is 12.1. The highest BCUT2D eigenvalue weighted by molar-refractivity contribution is 6.44. The van der Waals surface area contributed by atoms with Crippen LogP contribution < -0.4 is 10.2 Å². The summed E-state index contributed by atoms with van der Waals surface area (Å²) in [5.74, 6) is -0.0154. The quantitative estimate of drug-likeness (QED) is 0.185. The van der Waals surface area contributed by atoms with E-state index >= 15 is 0 Å². The second-order valence-electron chi connectivity index (χ2n) is 7.65. The lowest BCUT2D eigenvalue weighted by Crippen LogP contribution is -2.33. The number of allylic oxidation sites excluding steroid dienone is 1. The van der Waals surface area contributed by atoms with Crippen molar-refractivity contribution in [2.45, 2.75) is 50.3 Å². The molecular formula is C26H34Cl2N2O. The van der Waals surface area contributed by atoms with E-state index in [4.69, 9.17) is 23.2 Å². The third kappa shape index (κ3) is 8.33. The van der Waals surface area contributed by atoms with Crippen molar-refractivity contribution < 1.29 is 4.79 Å². The lowest BCUT2D eigenvalue weighted by atomic mass is 10.0. The minimum absolute atomic E-state index is 0.0154. The summed E-state index contributed by atoms with van der Waals surface area (Å²) in [6.45, 7) is 8.53. The van der Waals surface area contributed by atoms with Gasteiger partial charge in [-0.3, -0.25) is 4.79 Å². The average molecular weight is 461 g/mol. The van der Waals surface area contributed by atoms with Crippen LogP contribution in [0.15, 0.2) is 61.2 Å². The van der Waals surface area contributed by atoms with Crippen LogP contribution in [0.3, 0.4) is 0 Å². The van der Waals surface area contributed by atoms with E-state index in [1.165, 1.54) is 5.56 Å². The molecule has 31 heavy (non-hydrogen) atoms. The zero-order valence-electron chi connectivity index (χ0n) is 18.5. The van der Waals surface area contributed by atoms with Crippen LogP contribution in [0, 0.1) is 0 Å². The number of hydrogen-bond acceptors (Lipinski definition) is 2. The van der Waals surface area contributed by atoms with E-state index in [0.29, 0.717) is 12.1 Å². The van der Waals surface area contributed by atoms with E-state index in [9.17, 15) is 4.79 Å². The predicted molar refractivity (Wildman–Crippen MR) is 135 cm³/mol. The van der Waals surface area contributed by atoms with Crippen LogP contribution in [0.2, 0.25) is 0 Å². The number of halogens is 2. The Morgan fingerprint density at radius 1 is 1.10 bits per heavy atom. The molecule has 0 fully saturated rings. The van der Waals surface area contributed by atoms with Gasteiger partial charge in [0.05, 0.1) is 0 Å². The molecule has 168 valence electrons. The minimum Gasteiger partial charge on any atom is -0.317 e. The number of carbonyl (C=O) groups excluding carboxylic acids is 1. The Hall–Kier alpha value is -1.81. The number of unbranched alkanes of at least 4 members (excludes halogenated alkanes) is 2. The van der Waals surface area contributed by atoms with Crippen LogP contribution in [-0.4, -0.2) is 25.5 Å². The molecule has 0 atom stereocenters. The predicted octanol–water partition coefficient (Wildman–Crippen LogP) is 7.10. The van der Waals surface area contributed by atoms with Crippen LogP contribution in [-0.2, 0) is 6.42 Å². The van der Waals surface area contributed by atoms with Crippen molar-refractivity contribution in [1.29, 1.82) is 0 Å². The van der Waals surface area contributed by atoms with Gasteiger partial charge in [-0.1, -0.05) is 49.8 Å². The van der Waals surface area contributed by atoms with Crippen molar-refractivity contribution in [3.63, 3.8) is 0 Å². The fourth-order valence-electron chi connectivity index (χ4n) is 3.57. The fraction of sp³-hybridized carbons (Fsp3) is 0.423. The van der Waals surface area contributed by atoms with E-state index in [-0.39, 0.29) is 5.91 Å². The maximum atomic E-state index is 13.5. The third-order valence-corrected chi connectivity index (χ3v) is 5.68. The number of nitrogens with zero attached hydrogens (tertiary/aromatic N) is 1. The van der Waals surface area contributed by atoms with Crippen LogP contribution in [0.5, 0.6) is 0 Å². The Balaban J connectivity index is 2.14. The molecule has 0 bridgehead atoms. The van der Waals surface area contributed by atoms with Gasteiger partial charge in [-0.05, 0) is 74.5 Å². The van der Waals surface area contributed by atoms with Crippen molar-refractivity contribution in [3.8, 4) is 0 Å². The lowest BCUT2D eigenvalue weighted by Gasteiger charge is -2.26. The first-order valence-corrected chi connectivity index (χ1v) is 12.0. The number of anilines is 1. The SMILES string of the molecule is C=CCCCNCCCCN(C(=O)c1cccc(C(Cl)Cl)c1)c1ccccc1CCC. The topological polar surface area (TPSA) is 32.3 Å². The molecule has 0 saturated carbocycles. The minimum atomic E-state index is -0.652. The van der Waals surface area contributed by atoms with Gasteiger partial charge in [0, 0.05) is 17.8 Å². The average Bonchev–Trinajstić information content (AvgIpc) is 2.78. The molecule has 2 aromatic carbocycles. The summed E-state index contributed by atoms with van der Waals surface area (Å²) in [5.41, 5.74) is 3.54. The Kier molecular flexibility index (Phi) is 11.7. The van der Waals surface area contributed by atoms with E-state index in [2.05, 4.69) is 24.9 Å². The Bertz CT molecular complexity index is 823. The Morgan fingerprint density at radius 3 is 2.61 bits per heavy atom. The van der Waals surface area contributed by atoms with Crippen molar-refractivity contribution >= 4 is 34.8 Å². The number of alkyl halides is 2. The highest BCUT2D eigenvalue weighted by Crippen LogP contribution is 2.28. The molecule has 0 radical (unpaired) electrons. The number of carbonyl (C=O) groups is 1. The zero-order valence-corrected chi connectivity index (χ0v) is 20.0. The first-order chi connectivity index (χ1) is 15.1. The molecule has 0 spiro atoms. The van der Waals surface area contributed by atoms with Gasteiger partial charge in [0.2, 0.25) is 0 Å². The van der Waals surface area contributed by atoms with Gasteiger partial charge in [0.25, 0.3) is 5.91 Å². The molecule has 0 aliphatic rings. The molecule has 1 amide bonds. The molecule has 2 aromatic rings. The van der Waals surface area contributed by atoms with Gasteiger partial charge in [-0.15, -0.1) is 29.8 Å². The maximum Gasteiger partial charge on any atom is 0.258 e. The number of aryl methyl sites for hydroxylation is 1. The van der Waals surface area contributed by atoms with Crippen LogP contribution in [0.1, 0.15) is 65.3 Å². The second kappa shape index (κ2) is 14.3. The molecule has 0 heterocycles. The van der Waals surface area contributed by atoms with E-state index in [1.54, 1.807) is 6.07 Å². The van der Waals surface area contributed by atoms with Crippen molar-refractivity contribution in [2.75, 3.05) is 24.5 Å². The van der Waals surface area contributed by atoms with E-state index in [0.717, 1.165) is 62.9 Å². The number of rotatable bonds is 14. The summed E-state index contributed by atoms with van der Waals surface area (Å²) < 4.78 is 0. The fourth-order valence-corrected chi connectivity index (χ4v) is 3.84. The molecule has 0 saturated heterocycles. The highest BCUT2D eigenvalue weighted by Gasteiger charge is 2.20. The molecular weight excluding hydrogens is 427 g/mol. The molecule has 2 rings (SSSR count). The van der Waals surface area contributed by atoms with Crippen LogP contribution in [0.4, 0.5) is 5.69 Å². The van der Waals surface area contributed by atoms with Gasteiger partial charge < -0.3 is 10.2 Å². The van der Waals surface area contributed by atoms with E-state index < -0.39 is 4.84 Å². The molecule has 0 unspecified atom stereocenters. The summed E-state index contributed by atoms with van der Waals surface area (Å²) in [6.07, 6.45) is 8.00. The van der Waals surface area contributed by atoms with Crippen LogP contribution >= 0.6 is 23.2 Å². The standard InChI is InChI=1S/C26H34Cl2N2O/c1-3-5-8-17-29-18-9-10-19-30(24-16-7-6-13-21(24)12-4-2)26(31)23-15-11-14-22(20-23)25(27)28/h3,6-7,11,13-16,20,25,29H,1,4-5,8-10,12,17-19H2,2H3. The van der Waals surface area contributed by atoms with Gasteiger partial charge in [0.15, 0.2) is 0 Å². The van der Waals surface area contributed by atoms with Crippen LogP contribution in [0.25, 0.3) is 0 Å². The molecule has 0 aliphatic carbocycles. The number of benzene rings is 2. The number of amides is 1. The molecule has 0 aliphatic heterocycles. The van der Waals surface area contributed by atoms with Crippen molar-refractivity contribution in [2.24, 2.45) is 0 Å². The first-order valence-electron chi connectivity index (χ1n) is 11.2. The smallest absolute Gasteiger partial charge is 0.258 e.